The van der Waals surface area contributed by atoms with Gasteiger partial charge in [-0.05, 0) is 31.2 Å². The van der Waals surface area contributed by atoms with Gasteiger partial charge in [-0.1, -0.05) is 0 Å². The van der Waals surface area contributed by atoms with Crippen molar-refractivity contribution >= 4 is 10.9 Å². The van der Waals surface area contributed by atoms with Crippen molar-refractivity contribution in [2.24, 2.45) is 0 Å². The molecular weight excluding hydrogens is 242 g/mol. The first kappa shape index (κ1) is 11.8. The summed E-state index contributed by atoms with van der Waals surface area (Å²) in [5.74, 6) is 2.09. The van der Waals surface area contributed by atoms with E-state index in [1.165, 1.54) is 0 Å². The number of ether oxygens (including phenoxy) is 1. The smallest absolute Gasteiger partial charge is 0.236 e. The minimum atomic E-state index is 0.582. The fourth-order valence-corrected chi connectivity index (χ4v) is 2.12. The maximum atomic E-state index is 5.49. The summed E-state index contributed by atoms with van der Waals surface area (Å²) in [5, 5.41) is 8.99. The molecule has 0 spiro atoms. The molecule has 0 unspecified atom stereocenters. The fourth-order valence-electron chi connectivity index (χ4n) is 2.12. The summed E-state index contributed by atoms with van der Waals surface area (Å²) in [6, 6.07) is 8.11. The normalized spacial score (nSPS) is 11.1. The van der Waals surface area contributed by atoms with Gasteiger partial charge in [0.1, 0.15) is 12.3 Å². The molecule has 0 aliphatic carbocycles. The maximum absolute atomic E-state index is 5.49. The Kier molecular flexibility index (Phi) is 2.95. The fraction of sp³-hybridized carbons (Fsp3) is 0.286. The van der Waals surface area contributed by atoms with Gasteiger partial charge in [-0.3, -0.25) is 0 Å². The third-order valence-corrected chi connectivity index (χ3v) is 2.93. The molecule has 0 saturated heterocycles. The second-order valence-electron chi connectivity index (χ2n) is 4.31. The van der Waals surface area contributed by atoms with E-state index < -0.39 is 0 Å². The number of rotatable bonds is 4. The predicted molar refractivity (Wildman–Crippen MR) is 71.2 cm³/mol. The van der Waals surface area contributed by atoms with Crippen LogP contribution in [-0.4, -0.2) is 21.4 Å². The Balaban J connectivity index is 1.92. The zero-order valence-corrected chi connectivity index (χ0v) is 11.0. The Bertz CT molecular complexity index is 700. The molecule has 19 heavy (non-hydrogen) atoms. The molecule has 5 heteroatoms. The monoisotopic (exact) mass is 257 g/mol. The van der Waals surface area contributed by atoms with Gasteiger partial charge in [0.15, 0.2) is 0 Å². The summed E-state index contributed by atoms with van der Waals surface area (Å²) >= 11 is 0. The average Bonchev–Trinajstić information content (AvgIpc) is 2.97. The van der Waals surface area contributed by atoms with E-state index >= 15 is 0 Å². The standard InChI is InChI=1S/C14H15N3O2/c1-3-18-12-4-5-13-11(8-12)6-7-17(13)9-14-16-15-10(2)19-14/h4-8H,3,9H2,1-2H3. The van der Waals surface area contributed by atoms with E-state index in [2.05, 4.69) is 20.8 Å². The number of benzene rings is 1. The van der Waals surface area contributed by atoms with E-state index in [0.717, 1.165) is 16.7 Å². The Morgan fingerprint density at radius 3 is 2.89 bits per heavy atom. The van der Waals surface area contributed by atoms with Crippen LogP contribution in [0.1, 0.15) is 18.7 Å². The average molecular weight is 257 g/mol. The molecular formula is C14H15N3O2. The van der Waals surface area contributed by atoms with Gasteiger partial charge in [-0.25, -0.2) is 0 Å². The van der Waals surface area contributed by atoms with Crippen LogP contribution in [0.5, 0.6) is 5.75 Å². The molecule has 5 nitrogen and oxygen atoms in total. The van der Waals surface area contributed by atoms with Gasteiger partial charge in [-0.2, -0.15) is 0 Å². The quantitative estimate of drug-likeness (QED) is 0.721. The summed E-state index contributed by atoms with van der Waals surface area (Å²) < 4.78 is 13.0. The van der Waals surface area contributed by atoms with Gasteiger partial charge < -0.3 is 13.7 Å². The van der Waals surface area contributed by atoms with Gasteiger partial charge >= 0.3 is 0 Å². The van der Waals surface area contributed by atoms with Crippen molar-refractivity contribution in [2.75, 3.05) is 6.61 Å². The van der Waals surface area contributed by atoms with Gasteiger partial charge in [0.05, 0.1) is 6.61 Å². The lowest BCUT2D eigenvalue weighted by molar-refractivity contribution is 0.340. The third-order valence-electron chi connectivity index (χ3n) is 2.93. The van der Waals surface area contributed by atoms with E-state index in [0.29, 0.717) is 24.9 Å². The molecule has 1 aromatic carbocycles. The van der Waals surface area contributed by atoms with Crippen molar-refractivity contribution in [2.45, 2.75) is 20.4 Å². The van der Waals surface area contributed by atoms with Crippen LogP contribution in [-0.2, 0) is 6.54 Å². The van der Waals surface area contributed by atoms with Crippen molar-refractivity contribution in [1.29, 1.82) is 0 Å². The van der Waals surface area contributed by atoms with Crippen LogP contribution < -0.4 is 4.74 Å². The summed E-state index contributed by atoms with van der Waals surface area (Å²) in [6.07, 6.45) is 2.01. The molecule has 0 saturated carbocycles. The third kappa shape index (κ3) is 2.31. The molecule has 0 atom stereocenters. The van der Waals surface area contributed by atoms with Crippen LogP contribution >= 0.6 is 0 Å². The summed E-state index contributed by atoms with van der Waals surface area (Å²) in [5.41, 5.74) is 1.12. The van der Waals surface area contributed by atoms with E-state index in [9.17, 15) is 0 Å². The number of fused-ring (bicyclic) bond motifs is 1. The molecule has 0 fully saturated rings. The second kappa shape index (κ2) is 4.76. The Hall–Kier alpha value is -2.30. The molecule has 98 valence electrons. The molecule has 3 aromatic rings. The molecule has 2 aromatic heterocycles. The molecule has 2 heterocycles. The largest absolute Gasteiger partial charge is 0.494 e. The predicted octanol–water partition coefficient (Wildman–Crippen LogP) is 2.78. The Labute approximate surface area is 110 Å². The lowest BCUT2D eigenvalue weighted by Crippen LogP contribution is -1.98. The minimum absolute atomic E-state index is 0.582. The summed E-state index contributed by atoms with van der Waals surface area (Å²) in [7, 11) is 0. The Morgan fingerprint density at radius 1 is 1.26 bits per heavy atom. The summed E-state index contributed by atoms with van der Waals surface area (Å²) in [6.45, 7) is 5.03. The van der Waals surface area contributed by atoms with Crippen LogP contribution in [0, 0.1) is 6.92 Å². The highest BCUT2D eigenvalue weighted by Gasteiger charge is 2.07. The van der Waals surface area contributed by atoms with Gasteiger partial charge in [0, 0.05) is 24.0 Å². The number of aromatic nitrogens is 3. The zero-order valence-electron chi connectivity index (χ0n) is 11.0. The van der Waals surface area contributed by atoms with Crippen molar-refractivity contribution in [1.82, 2.24) is 14.8 Å². The van der Waals surface area contributed by atoms with E-state index in [1.807, 2.05) is 31.3 Å². The molecule has 0 aliphatic heterocycles. The highest BCUT2D eigenvalue weighted by atomic mass is 16.5. The van der Waals surface area contributed by atoms with E-state index in [1.54, 1.807) is 6.92 Å². The first-order valence-electron chi connectivity index (χ1n) is 6.27. The Morgan fingerprint density at radius 2 is 2.16 bits per heavy atom. The number of nitrogens with zero attached hydrogens (tertiary/aromatic N) is 3. The van der Waals surface area contributed by atoms with Crippen LogP contribution in [0.15, 0.2) is 34.9 Å². The highest BCUT2D eigenvalue weighted by molar-refractivity contribution is 5.81. The van der Waals surface area contributed by atoms with Gasteiger partial charge in [-0.15, -0.1) is 10.2 Å². The molecule has 0 bridgehead atoms. The van der Waals surface area contributed by atoms with Crippen LogP contribution in [0.3, 0.4) is 0 Å². The number of aryl methyl sites for hydroxylation is 1. The van der Waals surface area contributed by atoms with Crippen molar-refractivity contribution in [3.05, 3.63) is 42.2 Å². The van der Waals surface area contributed by atoms with Crippen LogP contribution in [0.2, 0.25) is 0 Å². The zero-order chi connectivity index (χ0) is 13.2. The van der Waals surface area contributed by atoms with Gasteiger partial charge in [0.2, 0.25) is 11.8 Å². The first-order valence-corrected chi connectivity index (χ1v) is 6.27. The SMILES string of the molecule is CCOc1ccc2c(ccn2Cc2nnc(C)o2)c1. The van der Waals surface area contributed by atoms with E-state index in [-0.39, 0.29) is 0 Å². The minimum Gasteiger partial charge on any atom is -0.494 e. The molecule has 0 amide bonds. The number of hydrogen-bond acceptors (Lipinski definition) is 4. The summed E-state index contributed by atoms with van der Waals surface area (Å²) in [4.78, 5) is 0. The van der Waals surface area contributed by atoms with Gasteiger partial charge in [0.25, 0.3) is 0 Å². The molecule has 0 N–H and O–H groups in total. The highest BCUT2D eigenvalue weighted by Crippen LogP contribution is 2.22. The topological polar surface area (TPSA) is 53.1 Å². The lowest BCUT2D eigenvalue weighted by atomic mass is 10.2. The second-order valence-corrected chi connectivity index (χ2v) is 4.31. The van der Waals surface area contributed by atoms with Crippen LogP contribution in [0.4, 0.5) is 0 Å². The first-order chi connectivity index (χ1) is 9.26. The lowest BCUT2D eigenvalue weighted by Gasteiger charge is -2.04. The van der Waals surface area contributed by atoms with Crippen molar-refractivity contribution in [3.63, 3.8) is 0 Å². The maximum Gasteiger partial charge on any atom is 0.236 e. The van der Waals surface area contributed by atoms with Crippen LogP contribution in [0.25, 0.3) is 10.9 Å². The van der Waals surface area contributed by atoms with E-state index in [4.69, 9.17) is 9.15 Å². The number of hydrogen-bond donors (Lipinski definition) is 0. The van der Waals surface area contributed by atoms with Crippen molar-refractivity contribution in [3.8, 4) is 5.75 Å². The molecule has 0 radical (unpaired) electrons. The molecule has 0 aliphatic rings. The molecule has 3 rings (SSSR count). The van der Waals surface area contributed by atoms with Crippen molar-refractivity contribution < 1.29 is 9.15 Å².